The Balaban J connectivity index is 3.17. The lowest BCUT2D eigenvalue weighted by Crippen LogP contribution is -2.33. The predicted molar refractivity (Wildman–Crippen MR) is 80.2 cm³/mol. The van der Waals surface area contributed by atoms with E-state index in [1.54, 1.807) is 0 Å². The summed E-state index contributed by atoms with van der Waals surface area (Å²) in [6.07, 6.45) is 0.183. The van der Waals surface area contributed by atoms with Crippen LogP contribution >= 0.6 is 0 Å². The summed E-state index contributed by atoms with van der Waals surface area (Å²) in [5.41, 5.74) is -0.816. The van der Waals surface area contributed by atoms with Crippen molar-refractivity contribution in [1.29, 1.82) is 0 Å². The predicted octanol–water partition coefficient (Wildman–Crippen LogP) is 1.82. The number of nitrogens with zero attached hydrogens (tertiary/aromatic N) is 1. The van der Waals surface area contributed by atoms with Crippen LogP contribution in [0.3, 0.4) is 0 Å². The molecule has 1 unspecified atom stereocenters. The van der Waals surface area contributed by atoms with Crippen molar-refractivity contribution in [2.24, 2.45) is 5.41 Å². The second kappa shape index (κ2) is 5.98. The molecule has 1 aromatic rings. The fourth-order valence-corrected chi connectivity index (χ4v) is 2.53. The lowest BCUT2D eigenvalue weighted by Gasteiger charge is -2.26. The van der Waals surface area contributed by atoms with Crippen molar-refractivity contribution in [2.75, 3.05) is 18.1 Å². The van der Waals surface area contributed by atoms with E-state index < -0.39 is 32.0 Å². The van der Waals surface area contributed by atoms with Crippen LogP contribution in [0.25, 0.3) is 0 Å². The van der Waals surface area contributed by atoms with Gasteiger partial charge in [-0.1, -0.05) is 26.8 Å². The van der Waals surface area contributed by atoms with Crippen molar-refractivity contribution < 1.29 is 18.4 Å². The zero-order valence-corrected chi connectivity index (χ0v) is 13.3. The molecule has 0 aliphatic heterocycles. The third-order valence-corrected chi connectivity index (χ3v) is 4.19. The maximum Gasteiger partial charge on any atom is 0.310 e. The molecule has 21 heavy (non-hydrogen) atoms. The van der Waals surface area contributed by atoms with Crippen LogP contribution < -0.4 is 5.32 Å². The number of para-hydroxylation sites is 1. The lowest BCUT2D eigenvalue weighted by molar-refractivity contribution is -0.386. The van der Waals surface area contributed by atoms with Crippen molar-refractivity contribution in [2.45, 2.75) is 31.8 Å². The van der Waals surface area contributed by atoms with Crippen LogP contribution in [0.2, 0.25) is 0 Å². The molecule has 7 nitrogen and oxygen atoms in total. The van der Waals surface area contributed by atoms with Gasteiger partial charge in [0, 0.05) is 12.8 Å². The molecule has 0 saturated carbocycles. The molecule has 8 heteroatoms. The van der Waals surface area contributed by atoms with Gasteiger partial charge in [0.1, 0.15) is 10.6 Å². The fraction of sp³-hybridized carbons (Fsp3) is 0.538. The third kappa shape index (κ3) is 4.40. The first-order chi connectivity index (χ1) is 9.44. The number of rotatable bonds is 5. The Morgan fingerprint density at radius 3 is 2.38 bits per heavy atom. The molecule has 0 amide bonds. The minimum atomic E-state index is -3.71. The second-order valence-electron chi connectivity index (χ2n) is 5.94. The van der Waals surface area contributed by atoms with Gasteiger partial charge in [-0.15, -0.1) is 0 Å². The SMILES string of the molecule is CC(C)(C)C(O)CNc1cccc(S(C)(=O)=O)c1[N+](=O)[O-]. The van der Waals surface area contributed by atoms with Crippen molar-refractivity contribution >= 4 is 21.2 Å². The average Bonchev–Trinajstić information content (AvgIpc) is 2.32. The molecule has 0 heterocycles. The van der Waals surface area contributed by atoms with Gasteiger partial charge in [0.2, 0.25) is 0 Å². The highest BCUT2D eigenvalue weighted by Gasteiger charge is 2.27. The van der Waals surface area contributed by atoms with Crippen LogP contribution in [0.4, 0.5) is 11.4 Å². The lowest BCUT2D eigenvalue weighted by atomic mass is 9.89. The smallest absolute Gasteiger partial charge is 0.310 e. The minimum absolute atomic E-state index is 0.0752. The van der Waals surface area contributed by atoms with E-state index in [1.165, 1.54) is 18.2 Å². The van der Waals surface area contributed by atoms with Gasteiger partial charge in [-0.3, -0.25) is 10.1 Å². The van der Waals surface area contributed by atoms with Gasteiger partial charge in [0.15, 0.2) is 9.84 Å². The molecule has 0 radical (unpaired) electrons. The molecular formula is C13H20N2O5S. The Morgan fingerprint density at radius 2 is 1.95 bits per heavy atom. The summed E-state index contributed by atoms with van der Waals surface area (Å²) in [5.74, 6) is 0. The number of nitro groups is 1. The second-order valence-corrected chi connectivity index (χ2v) is 7.93. The molecule has 0 spiro atoms. The highest BCUT2D eigenvalue weighted by Crippen LogP contribution is 2.32. The van der Waals surface area contributed by atoms with Crippen LogP contribution in [0, 0.1) is 15.5 Å². The Kier molecular flexibility index (Phi) is 4.95. The average molecular weight is 316 g/mol. The number of anilines is 1. The molecule has 2 N–H and O–H groups in total. The summed E-state index contributed by atoms with van der Waals surface area (Å²) in [7, 11) is -3.71. The number of nitrogens with one attached hydrogen (secondary N) is 1. The van der Waals surface area contributed by atoms with Crippen molar-refractivity contribution in [1.82, 2.24) is 0 Å². The van der Waals surface area contributed by atoms with Gasteiger partial charge in [-0.05, 0) is 17.5 Å². The van der Waals surface area contributed by atoms with E-state index in [0.717, 1.165) is 6.26 Å². The summed E-state index contributed by atoms with van der Waals surface area (Å²) in [6, 6.07) is 4.04. The topological polar surface area (TPSA) is 110 Å². The Bertz CT molecular complexity index is 634. The van der Waals surface area contributed by atoms with E-state index in [9.17, 15) is 23.6 Å². The van der Waals surface area contributed by atoms with Crippen LogP contribution in [0.15, 0.2) is 23.1 Å². The molecule has 1 atom stereocenters. The summed E-state index contributed by atoms with van der Waals surface area (Å²) in [5, 5.41) is 23.9. The largest absolute Gasteiger partial charge is 0.391 e. The van der Waals surface area contributed by atoms with Crippen LogP contribution in [-0.2, 0) is 9.84 Å². The summed E-state index contributed by atoms with van der Waals surface area (Å²) in [4.78, 5) is 10.1. The van der Waals surface area contributed by atoms with Gasteiger partial charge < -0.3 is 10.4 Å². The van der Waals surface area contributed by atoms with Gasteiger partial charge >= 0.3 is 5.69 Å². The first-order valence-electron chi connectivity index (χ1n) is 6.34. The minimum Gasteiger partial charge on any atom is -0.391 e. The molecule has 118 valence electrons. The normalized spacial score (nSPS) is 13.8. The number of benzene rings is 1. The standard InChI is InChI=1S/C13H20N2O5S/c1-13(2,3)11(16)8-14-9-6-5-7-10(21(4,19)20)12(9)15(17)18/h5-7,11,14,16H,8H2,1-4H3. The fourth-order valence-electron chi connectivity index (χ4n) is 1.67. The van der Waals surface area contributed by atoms with E-state index in [2.05, 4.69) is 5.32 Å². The van der Waals surface area contributed by atoms with Crippen molar-refractivity contribution in [3.05, 3.63) is 28.3 Å². The zero-order valence-electron chi connectivity index (χ0n) is 12.5. The van der Waals surface area contributed by atoms with Gasteiger partial charge in [-0.25, -0.2) is 8.42 Å². The molecule has 1 aromatic carbocycles. The highest BCUT2D eigenvalue weighted by molar-refractivity contribution is 7.90. The highest BCUT2D eigenvalue weighted by atomic mass is 32.2. The summed E-state index contributed by atoms with van der Waals surface area (Å²) < 4.78 is 23.3. The summed E-state index contributed by atoms with van der Waals surface area (Å²) >= 11 is 0. The molecular weight excluding hydrogens is 296 g/mol. The van der Waals surface area contributed by atoms with Crippen molar-refractivity contribution in [3.8, 4) is 0 Å². The Labute approximate surface area is 124 Å². The number of hydrogen-bond acceptors (Lipinski definition) is 6. The molecule has 0 bridgehead atoms. The van der Waals surface area contributed by atoms with E-state index in [4.69, 9.17) is 0 Å². The number of hydrogen-bond donors (Lipinski definition) is 2. The number of nitro benzene ring substituents is 1. The van der Waals surface area contributed by atoms with Gasteiger partial charge in [0.25, 0.3) is 0 Å². The zero-order chi connectivity index (χ0) is 16.4. The molecule has 0 saturated heterocycles. The molecule has 0 aliphatic rings. The molecule has 0 aliphatic carbocycles. The van der Waals surface area contributed by atoms with Crippen LogP contribution in [-0.4, -0.2) is 37.4 Å². The summed E-state index contributed by atoms with van der Waals surface area (Å²) in [6.45, 7) is 5.58. The number of aliphatic hydroxyl groups is 1. The third-order valence-electron chi connectivity index (χ3n) is 3.07. The van der Waals surface area contributed by atoms with Crippen molar-refractivity contribution in [3.63, 3.8) is 0 Å². The van der Waals surface area contributed by atoms with E-state index in [0.29, 0.717) is 0 Å². The molecule has 0 fully saturated rings. The first-order valence-corrected chi connectivity index (χ1v) is 8.23. The van der Waals surface area contributed by atoms with E-state index >= 15 is 0 Å². The van der Waals surface area contributed by atoms with E-state index in [-0.39, 0.29) is 17.1 Å². The monoisotopic (exact) mass is 316 g/mol. The Morgan fingerprint density at radius 1 is 1.38 bits per heavy atom. The number of aliphatic hydroxyl groups excluding tert-OH is 1. The van der Waals surface area contributed by atoms with E-state index in [1.807, 2.05) is 20.8 Å². The van der Waals surface area contributed by atoms with Crippen LogP contribution in [0.1, 0.15) is 20.8 Å². The maximum atomic E-state index is 11.6. The van der Waals surface area contributed by atoms with Gasteiger partial charge in [-0.2, -0.15) is 0 Å². The molecule has 0 aromatic heterocycles. The van der Waals surface area contributed by atoms with Gasteiger partial charge in [0.05, 0.1) is 11.0 Å². The maximum absolute atomic E-state index is 11.6. The first kappa shape index (κ1) is 17.4. The van der Waals surface area contributed by atoms with Crippen LogP contribution in [0.5, 0.6) is 0 Å². The quantitative estimate of drug-likeness (QED) is 0.633. The number of sulfone groups is 1. The molecule has 1 rings (SSSR count). The Hall–Kier alpha value is -1.67.